The lowest BCUT2D eigenvalue weighted by atomic mass is 9.87. The highest BCUT2D eigenvalue weighted by Crippen LogP contribution is 2.32. The van der Waals surface area contributed by atoms with Crippen molar-refractivity contribution in [3.63, 3.8) is 0 Å². The van der Waals surface area contributed by atoms with Gasteiger partial charge in [0.2, 0.25) is 11.7 Å². The van der Waals surface area contributed by atoms with Crippen molar-refractivity contribution in [3.8, 4) is 0 Å². The number of likely N-dealkylation sites (N-methyl/N-ethyl adjacent to an activating group) is 1. The molecule has 0 unspecified atom stereocenters. The van der Waals surface area contributed by atoms with Crippen LogP contribution in [0.5, 0.6) is 0 Å². The second-order valence-corrected chi connectivity index (χ2v) is 9.94. The molecule has 0 aliphatic rings. The topological polar surface area (TPSA) is 70.8 Å². The number of Topliss-reactive ketones (excluding diaryl/α,β-unsaturated/α-hetero) is 1. The third-order valence-electron chi connectivity index (χ3n) is 5.12. The summed E-state index contributed by atoms with van der Waals surface area (Å²) in [5.41, 5.74) is 1.42. The molecule has 1 amide bonds. The van der Waals surface area contributed by atoms with Crippen LogP contribution >= 0.6 is 0 Å². The number of hydrogen-bond donors (Lipinski definition) is 1. The first-order valence-electron chi connectivity index (χ1n) is 10.3. The molecule has 0 aliphatic carbocycles. The van der Waals surface area contributed by atoms with E-state index in [1.807, 2.05) is 38.7 Å². The summed E-state index contributed by atoms with van der Waals surface area (Å²) in [6, 6.07) is 5.34. The molecule has 1 aromatic carbocycles. The molecule has 1 heterocycles. The van der Waals surface area contributed by atoms with Crippen LogP contribution in [-0.2, 0) is 17.8 Å². The van der Waals surface area contributed by atoms with Crippen LogP contribution in [-0.4, -0.2) is 34.8 Å². The van der Waals surface area contributed by atoms with Gasteiger partial charge in [-0.1, -0.05) is 47.6 Å². The third kappa shape index (κ3) is 5.69. The van der Waals surface area contributed by atoms with Crippen molar-refractivity contribution in [1.29, 1.82) is 0 Å². The van der Waals surface area contributed by atoms with Gasteiger partial charge in [-0.05, 0) is 36.5 Å². The van der Waals surface area contributed by atoms with Gasteiger partial charge >= 0.3 is 0 Å². The van der Waals surface area contributed by atoms with Crippen molar-refractivity contribution in [2.24, 2.45) is 10.8 Å². The van der Waals surface area contributed by atoms with E-state index in [4.69, 9.17) is 4.42 Å². The summed E-state index contributed by atoms with van der Waals surface area (Å²) in [5.74, 6) is 0.111. The highest BCUT2D eigenvalue weighted by molar-refractivity contribution is 6.04. The number of carbonyl (C=O) groups excluding carboxylic acids is 2. The second-order valence-electron chi connectivity index (χ2n) is 9.94. The number of aliphatic hydroxyl groups excluding tert-OH is 1. The lowest BCUT2D eigenvalue weighted by molar-refractivity contribution is -0.130. The van der Waals surface area contributed by atoms with E-state index >= 15 is 0 Å². The van der Waals surface area contributed by atoms with E-state index in [1.165, 1.54) is 0 Å². The molecule has 160 valence electrons. The van der Waals surface area contributed by atoms with Crippen molar-refractivity contribution in [3.05, 3.63) is 35.1 Å². The Morgan fingerprint density at radius 2 is 1.76 bits per heavy atom. The number of rotatable bonds is 7. The number of fused-ring (bicyclic) bond motifs is 1. The molecule has 29 heavy (non-hydrogen) atoms. The largest absolute Gasteiger partial charge is 0.453 e. The minimum atomic E-state index is -0.623. The fourth-order valence-corrected chi connectivity index (χ4v) is 3.19. The summed E-state index contributed by atoms with van der Waals surface area (Å²) in [6.45, 7) is 15.2. The Kier molecular flexibility index (Phi) is 6.94. The molecule has 0 fully saturated rings. The number of benzene rings is 1. The predicted octanol–water partition coefficient (Wildman–Crippen LogP) is 4.98. The zero-order valence-corrected chi connectivity index (χ0v) is 18.9. The van der Waals surface area contributed by atoms with E-state index in [2.05, 4.69) is 20.8 Å². The van der Waals surface area contributed by atoms with Gasteiger partial charge in [-0.2, -0.15) is 0 Å². The lowest BCUT2D eigenvalue weighted by Crippen LogP contribution is -2.35. The smallest absolute Gasteiger partial charge is 0.227 e. The molecule has 1 N–H and O–H groups in total. The standard InChI is InChI=1S/C24H35NO4/c1-8-25(12-11-23(2,3)4)20(27)14-18-17-13-16(15-26)9-10-19(17)29-21(18)22(28)24(5,6)7/h9-10,13,26H,8,11-12,14-15H2,1-7H3. The summed E-state index contributed by atoms with van der Waals surface area (Å²) in [7, 11) is 0. The number of furan rings is 1. The fourth-order valence-electron chi connectivity index (χ4n) is 3.19. The Balaban J connectivity index is 2.45. The first-order valence-corrected chi connectivity index (χ1v) is 10.3. The molecule has 0 radical (unpaired) electrons. The monoisotopic (exact) mass is 401 g/mol. The number of amides is 1. The Morgan fingerprint density at radius 3 is 2.28 bits per heavy atom. The molecule has 5 nitrogen and oxygen atoms in total. The predicted molar refractivity (Wildman–Crippen MR) is 116 cm³/mol. The number of hydrogen-bond acceptors (Lipinski definition) is 4. The van der Waals surface area contributed by atoms with Gasteiger partial charge in [0.15, 0.2) is 5.76 Å². The minimum absolute atomic E-state index is 0.0168. The van der Waals surface area contributed by atoms with E-state index in [9.17, 15) is 14.7 Å². The van der Waals surface area contributed by atoms with E-state index in [0.717, 1.165) is 17.4 Å². The maximum absolute atomic E-state index is 13.1. The van der Waals surface area contributed by atoms with Crippen LogP contribution < -0.4 is 0 Å². The molecule has 2 aromatic rings. The molecule has 0 saturated heterocycles. The maximum atomic E-state index is 13.1. The molecule has 0 spiro atoms. The quantitative estimate of drug-likeness (QED) is 0.664. The molecule has 2 rings (SSSR count). The molecule has 5 heteroatoms. The van der Waals surface area contributed by atoms with Gasteiger partial charge in [-0.25, -0.2) is 0 Å². The molecular weight excluding hydrogens is 366 g/mol. The van der Waals surface area contributed by atoms with Gasteiger partial charge in [0, 0.05) is 29.5 Å². The summed E-state index contributed by atoms with van der Waals surface area (Å²) in [6.07, 6.45) is 1.01. The normalized spacial score (nSPS) is 12.4. The first kappa shape index (κ1) is 23.1. The van der Waals surface area contributed by atoms with Gasteiger partial charge in [-0.3, -0.25) is 9.59 Å². The van der Waals surface area contributed by atoms with E-state index in [1.54, 1.807) is 12.1 Å². The minimum Gasteiger partial charge on any atom is -0.453 e. The van der Waals surface area contributed by atoms with Crippen molar-refractivity contribution in [1.82, 2.24) is 4.90 Å². The molecule has 0 bridgehead atoms. The average molecular weight is 402 g/mol. The molecule has 0 saturated carbocycles. The molecule has 0 atom stereocenters. The summed E-state index contributed by atoms with van der Waals surface area (Å²) in [5, 5.41) is 10.2. The Labute approximate surface area is 174 Å². The van der Waals surface area contributed by atoms with Crippen molar-refractivity contribution >= 4 is 22.7 Å². The van der Waals surface area contributed by atoms with Crippen LogP contribution in [0, 0.1) is 10.8 Å². The lowest BCUT2D eigenvalue weighted by Gasteiger charge is -2.26. The Morgan fingerprint density at radius 1 is 1.10 bits per heavy atom. The Bertz CT molecular complexity index is 881. The van der Waals surface area contributed by atoms with Gasteiger partial charge < -0.3 is 14.4 Å². The van der Waals surface area contributed by atoms with Crippen molar-refractivity contribution in [2.75, 3.05) is 13.1 Å². The molecular formula is C24H35NO4. The van der Waals surface area contributed by atoms with E-state index in [0.29, 0.717) is 24.2 Å². The SMILES string of the molecule is CCN(CCC(C)(C)C)C(=O)Cc1c(C(=O)C(C)(C)C)oc2ccc(CO)cc12. The van der Waals surface area contributed by atoms with Gasteiger partial charge in [0.25, 0.3) is 0 Å². The number of aliphatic hydroxyl groups is 1. The number of ketones is 1. The van der Waals surface area contributed by atoms with Gasteiger partial charge in [0.05, 0.1) is 13.0 Å². The van der Waals surface area contributed by atoms with Gasteiger partial charge in [0.1, 0.15) is 5.58 Å². The number of carbonyl (C=O) groups is 2. The zero-order chi connectivity index (χ0) is 22.0. The fraction of sp³-hybridized carbons (Fsp3) is 0.583. The van der Waals surface area contributed by atoms with Crippen LogP contribution in [0.25, 0.3) is 11.0 Å². The van der Waals surface area contributed by atoms with Crippen molar-refractivity contribution in [2.45, 2.75) is 67.9 Å². The van der Waals surface area contributed by atoms with Crippen LogP contribution in [0.4, 0.5) is 0 Å². The molecule has 1 aromatic heterocycles. The highest BCUT2D eigenvalue weighted by atomic mass is 16.3. The first-order chi connectivity index (χ1) is 13.4. The maximum Gasteiger partial charge on any atom is 0.227 e. The van der Waals surface area contributed by atoms with Crippen LogP contribution in [0.15, 0.2) is 22.6 Å². The average Bonchev–Trinajstić information content (AvgIpc) is 2.97. The zero-order valence-electron chi connectivity index (χ0n) is 18.9. The summed E-state index contributed by atoms with van der Waals surface area (Å²) >= 11 is 0. The van der Waals surface area contributed by atoms with Crippen molar-refractivity contribution < 1.29 is 19.1 Å². The number of nitrogens with zero attached hydrogens (tertiary/aromatic N) is 1. The second kappa shape index (κ2) is 8.70. The summed E-state index contributed by atoms with van der Waals surface area (Å²) in [4.78, 5) is 28.0. The van der Waals surface area contributed by atoms with E-state index < -0.39 is 5.41 Å². The summed E-state index contributed by atoms with van der Waals surface area (Å²) < 4.78 is 5.91. The van der Waals surface area contributed by atoms with Crippen LogP contribution in [0.1, 0.15) is 76.6 Å². The van der Waals surface area contributed by atoms with Gasteiger partial charge in [-0.15, -0.1) is 0 Å². The van der Waals surface area contributed by atoms with Crippen LogP contribution in [0.2, 0.25) is 0 Å². The Hall–Kier alpha value is -2.14. The molecule has 0 aliphatic heterocycles. The highest BCUT2D eigenvalue weighted by Gasteiger charge is 2.31. The van der Waals surface area contributed by atoms with E-state index in [-0.39, 0.29) is 35.9 Å². The van der Waals surface area contributed by atoms with Crippen LogP contribution in [0.3, 0.4) is 0 Å². The third-order valence-corrected chi connectivity index (χ3v) is 5.12.